The van der Waals surface area contributed by atoms with Crippen LogP contribution in [0.2, 0.25) is 0 Å². The molecule has 0 fully saturated rings. The van der Waals surface area contributed by atoms with E-state index < -0.39 is 0 Å². The van der Waals surface area contributed by atoms with Crippen molar-refractivity contribution < 1.29 is 0 Å². The van der Waals surface area contributed by atoms with E-state index in [9.17, 15) is 0 Å². The van der Waals surface area contributed by atoms with Crippen LogP contribution in [0.1, 0.15) is 24.3 Å². The van der Waals surface area contributed by atoms with Gasteiger partial charge >= 0.3 is 0 Å². The van der Waals surface area contributed by atoms with Crippen LogP contribution in [0.15, 0.2) is 34.2 Å². The second-order valence-electron chi connectivity index (χ2n) is 5.86. The van der Waals surface area contributed by atoms with Crippen LogP contribution in [0, 0.1) is 12.8 Å². The van der Waals surface area contributed by atoms with Crippen LogP contribution in [0.4, 0.5) is 0 Å². The highest BCUT2D eigenvalue weighted by Gasteiger charge is 2.34. The molecule has 3 heterocycles. The molecule has 0 spiro atoms. The predicted octanol–water partition coefficient (Wildman–Crippen LogP) is 4.95. The summed E-state index contributed by atoms with van der Waals surface area (Å²) in [5.74, 6) is 0.535. The number of benzene rings is 1. The van der Waals surface area contributed by atoms with E-state index in [2.05, 4.69) is 54.9 Å². The van der Waals surface area contributed by atoms with Gasteiger partial charge in [0.05, 0.1) is 12.2 Å². The molecule has 0 radical (unpaired) electrons. The summed E-state index contributed by atoms with van der Waals surface area (Å²) in [7, 11) is 0. The fourth-order valence-corrected chi connectivity index (χ4v) is 5.21. The Bertz CT molecular complexity index is 783. The van der Waals surface area contributed by atoms with Crippen molar-refractivity contribution in [3.8, 4) is 0 Å². The fourth-order valence-electron chi connectivity index (χ4n) is 3.07. The number of rotatable bonds is 2. The third-order valence-electron chi connectivity index (χ3n) is 3.97. The minimum Gasteiger partial charge on any atom is -0.318 e. The SMILES string of the molecule is Cc1cc2c(C3=C(C(C)C)SC4=NCCN43)cccc2s1. The number of allylic oxidation sites excluding steroid dienone is 1. The maximum absolute atomic E-state index is 4.66. The summed E-state index contributed by atoms with van der Waals surface area (Å²) in [6.07, 6.45) is 0. The van der Waals surface area contributed by atoms with Gasteiger partial charge in [-0.1, -0.05) is 37.7 Å². The highest BCUT2D eigenvalue weighted by Crippen LogP contribution is 2.46. The standard InChI is InChI=1S/C17H18N2S2/c1-10(2)16-15(19-8-7-18-17(19)21-16)12-5-4-6-14-13(12)9-11(3)20-14/h4-6,9-10H,7-8H2,1-3H3. The number of fused-ring (bicyclic) bond motifs is 2. The molecule has 0 bridgehead atoms. The Balaban J connectivity index is 1.96. The molecule has 2 aromatic rings. The van der Waals surface area contributed by atoms with E-state index in [1.165, 1.54) is 36.3 Å². The average Bonchev–Trinajstić information content (AvgIpc) is 3.08. The van der Waals surface area contributed by atoms with Gasteiger partial charge in [-0.05, 0) is 25.0 Å². The topological polar surface area (TPSA) is 15.6 Å². The van der Waals surface area contributed by atoms with Gasteiger partial charge in [0.15, 0.2) is 5.17 Å². The van der Waals surface area contributed by atoms with Gasteiger partial charge < -0.3 is 4.90 Å². The molecule has 2 aliphatic rings. The second kappa shape index (κ2) is 4.89. The van der Waals surface area contributed by atoms with Gasteiger partial charge in [0.1, 0.15) is 0 Å². The Morgan fingerprint density at radius 1 is 1.29 bits per heavy atom. The molecule has 0 amide bonds. The van der Waals surface area contributed by atoms with Crippen molar-refractivity contribution in [2.24, 2.45) is 10.9 Å². The number of aryl methyl sites for hydroxylation is 1. The van der Waals surface area contributed by atoms with Crippen LogP contribution >= 0.6 is 23.1 Å². The maximum Gasteiger partial charge on any atom is 0.168 e. The number of nitrogens with zero attached hydrogens (tertiary/aromatic N) is 2. The lowest BCUT2D eigenvalue weighted by Crippen LogP contribution is -2.20. The number of hydrogen-bond donors (Lipinski definition) is 0. The van der Waals surface area contributed by atoms with Crippen molar-refractivity contribution in [1.82, 2.24) is 4.90 Å². The second-order valence-corrected chi connectivity index (χ2v) is 8.16. The van der Waals surface area contributed by atoms with Crippen molar-refractivity contribution >= 4 is 44.0 Å². The largest absolute Gasteiger partial charge is 0.318 e. The first-order valence-electron chi connectivity index (χ1n) is 7.38. The van der Waals surface area contributed by atoms with Gasteiger partial charge in [-0.15, -0.1) is 11.3 Å². The minimum atomic E-state index is 0.535. The first-order chi connectivity index (χ1) is 10.1. The van der Waals surface area contributed by atoms with Gasteiger partial charge in [-0.2, -0.15) is 0 Å². The molecule has 1 aromatic carbocycles. The number of amidine groups is 1. The van der Waals surface area contributed by atoms with Gasteiger partial charge in [-0.25, -0.2) is 0 Å². The number of aliphatic imine (C=N–C) groups is 1. The minimum absolute atomic E-state index is 0.535. The quantitative estimate of drug-likeness (QED) is 0.779. The lowest BCUT2D eigenvalue weighted by Gasteiger charge is -2.19. The van der Waals surface area contributed by atoms with Gasteiger partial charge in [-0.3, -0.25) is 4.99 Å². The molecule has 0 aliphatic carbocycles. The monoisotopic (exact) mass is 314 g/mol. The van der Waals surface area contributed by atoms with Gasteiger partial charge in [0.25, 0.3) is 0 Å². The van der Waals surface area contributed by atoms with Crippen molar-refractivity contribution in [2.75, 3.05) is 13.1 Å². The first kappa shape index (κ1) is 13.4. The third-order valence-corrected chi connectivity index (χ3v) is 6.40. The molecule has 108 valence electrons. The summed E-state index contributed by atoms with van der Waals surface area (Å²) in [5, 5.41) is 2.58. The molecule has 0 N–H and O–H groups in total. The smallest absolute Gasteiger partial charge is 0.168 e. The van der Waals surface area contributed by atoms with Crippen LogP contribution in [0.3, 0.4) is 0 Å². The molecular weight excluding hydrogens is 296 g/mol. The third kappa shape index (κ3) is 2.04. The lowest BCUT2D eigenvalue weighted by atomic mass is 10.0. The molecule has 21 heavy (non-hydrogen) atoms. The molecule has 2 aliphatic heterocycles. The summed E-state index contributed by atoms with van der Waals surface area (Å²) in [4.78, 5) is 9.92. The van der Waals surface area contributed by atoms with E-state index >= 15 is 0 Å². The number of hydrogen-bond acceptors (Lipinski definition) is 4. The molecule has 0 saturated carbocycles. The fraction of sp³-hybridized carbons (Fsp3) is 0.353. The van der Waals surface area contributed by atoms with Crippen LogP contribution < -0.4 is 0 Å². The molecular formula is C17H18N2S2. The molecule has 4 heteroatoms. The zero-order chi connectivity index (χ0) is 14.6. The summed E-state index contributed by atoms with van der Waals surface area (Å²) < 4.78 is 1.38. The molecule has 1 aromatic heterocycles. The highest BCUT2D eigenvalue weighted by atomic mass is 32.2. The van der Waals surface area contributed by atoms with E-state index in [0.29, 0.717) is 5.92 Å². The summed E-state index contributed by atoms with van der Waals surface area (Å²) in [6.45, 7) is 8.70. The predicted molar refractivity (Wildman–Crippen MR) is 94.9 cm³/mol. The van der Waals surface area contributed by atoms with Crippen LogP contribution in [0.25, 0.3) is 15.8 Å². The molecule has 4 rings (SSSR count). The Hall–Kier alpha value is -1.26. The Morgan fingerprint density at radius 2 is 2.14 bits per heavy atom. The highest BCUT2D eigenvalue weighted by molar-refractivity contribution is 8.17. The van der Waals surface area contributed by atoms with E-state index in [-0.39, 0.29) is 0 Å². The van der Waals surface area contributed by atoms with Crippen LogP contribution in [0.5, 0.6) is 0 Å². The number of thioether (sulfide) groups is 1. The molecule has 0 saturated heterocycles. The van der Waals surface area contributed by atoms with Crippen LogP contribution in [-0.2, 0) is 0 Å². The Labute approximate surface area is 133 Å². The summed E-state index contributed by atoms with van der Waals surface area (Å²) >= 11 is 3.75. The zero-order valence-electron chi connectivity index (χ0n) is 12.5. The maximum atomic E-state index is 4.66. The van der Waals surface area contributed by atoms with E-state index in [1.54, 1.807) is 0 Å². The van der Waals surface area contributed by atoms with Gasteiger partial charge in [0, 0.05) is 32.0 Å². The Kier molecular flexibility index (Phi) is 3.12. The Morgan fingerprint density at radius 3 is 2.95 bits per heavy atom. The molecule has 2 nitrogen and oxygen atoms in total. The normalized spacial score (nSPS) is 18.1. The van der Waals surface area contributed by atoms with Gasteiger partial charge in [0.2, 0.25) is 0 Å². The zero-order valence-corrected chi connectivity index (χ0v) is 14.1. The van der Waals surface area contributed by atoms with E-state index in [0.717, 1.165) is 13.1 Å². The first-order valence-corrected chi connectivity index (χ1v) is 9.02. The lowest BCUT2D eigenvalue weighted by molar-refractivity contribution is 0.641. The van der Waals surface area contributed by atoms with Crippen LogP contribution in [-0.4, -0.2) is 23.2 Å². The van der Waals surface area contributed by atoms with Crippen molar-refractivity contribution in [3.05, 3.63) is 39.6 Å². The summed E-state index contributed by atoms with van der Waals surface area (Å²) in [5.41, 5.74) is 2.77. The van der Waals surface area contributed by atoms with Crippen molar-refractivity contribution in [1.29, 1.82) is 0 Å². The number of thiophene rings is 1. The molecule has 0 unspecified atom stereocenters. The molecule has 0 atom stereocenters. The van der Waals surface area contributed by atoms with Crippen molar-refractivity contribution in [2.45, 2.75) is 20.8 Å². The van der Waals surface area contributed by atoms with Crippen molar-refractivity contribution in [3.63, 3.8) is 0 Å². The average molecular weight is 314 g/mol. The summed E-state index contributed by atoms with van der Waals surface area (Å²) in [6, 6.07) is 9.02. The van der Waals surface area contributed by atoms with E-state index in [4.69, 9.17) is 0 Å². The van der Waals surface area contributed by atoms with E-state index in [1.807, 2.05) is 23.1 Å².